The third kappa shape index (κ3) is 3.43. The van der Waals surface area contributed by atoms with Crippen LogP contribution in [-0.4, -0.2) is 30.3 Å². The lowest BCUT2D eigenvalue weighted by Gasteiger charge is -2.32. The number of rotatable bonds is 4. The number of nitrogens with two attached hydrogens (primary N) is 1. The highest BCUT2D eigenvalue weighted by Gasteiger charge is 2.29. The van der Waals surface area contributed by atoms with Crippen molar-refractivity contribution in [3.8, 4) is 0 Å². The number of aromatic nitrogens is 1. The number of nitrogens with zero attached hydrogens (tertiary/aromatic N) is 2. The van der Waals surface area contributed by atoms with Gasteiger partial charge in [-0.05, 0) is 31.4 Å². The molecule has 2 rings (SSSR count). The lowest BCUT2D eigenvalue weighted by molar-refractivity contribution is 0.270. The van der Waals surface area contributed by atoms with Gasteiger partial charge in [-0.2, -0.15) is 12.7 Å². The maximum atomic E-state index is 12.3. The molecule has 0 bridgehead atoms. The van der Waals surface area contributed by atoms with E-state index in [1.165, 1.54) is 4.31 Å². The molecular formula is C12H20N4O2S. The van der Waals surface area contributed by atoms with Crippen LogP contribution < -0.4 is 10.5 Å². The predicted octanol–water partition coefficient (Wildman–Crippen LogP) is 1.07. The molecule has 1 aliphatic heterocycles. The highest BCUT2D eigenvalue weighted by molar-refractivity contribution is 7.90. The summed E-state index contributed by atoms with van der Waals surface area (Å²) < 4.78 is 28.6. The number of hydrogen-bond donors (Lipinski definition) is 2. The van der Waals surface area contributed by atoms with Gasteiger partial charge in [0, 0.05) is 25.3 Å². The quantitative estimate of drug-likeness (QED) is 0.865. The minimum Gasteiger partial charge on any atom is -0.326 e. The van der Waals surface area contributed by atoms with Crippen LogP contribution in [0, 0.1) is 0 Å². The first kappa shape index (κ1) is 14.2. The van der Waals surface area contributed by atoms with Gasteiger partial charge in [-0.1, -0.05) is 12.5 Å². The summed E-state index contributed by atoms with van der Waals surface area (Å²) in [6, 6.07) is 3.44. The van der Waals surface area contributed by atoms with E-state index in [9.17, 15) is 8.42 Å². The molecular weight excluding hydrogens is 264 g/mol. The van der Waals surface area contributed by atoms with E-state index in [-0.39, 0.29) is 6.04 Å². The fourth-order valence-corrected chi connectivity index (χ4v) is 3.68. The van der Waals surface area contributed by atoms with Gasteiger partial charge in [0.1, 0.15) is 5.82 Å². The molecule has 2 heterocycles. The van der Waals surface area contributed by atoms with Crippen molar-refractivity contribution in [1.29, 1.82) is 0 Å². The van der Waals surface area contributed by atoms with Gasteiger partial charge in [0.05, 0.1) is 0 Å². The zero-order valence-corrected chi connectivity index (χ0v) is 11.9. The average Bonchev–Trinajstić information content (AvgIpc) is 2.39. The molecule has 1 aliphatic rings. The maximum absolute atomic E-state index is 12.3. The Balaban J connectivity index is 2.11. The highest BCUT2D eigenvalue weighted by atomic mass is 32.2. The van der Waals surface area contributed by atoms with Crippen molar-refractivity contribution in [2.75, 3.05) is 11.3 Å². The highest BCUT2D eigenvalue weighted by Crippen LogP contribution is 2.21. The lowest BCUT2D eigenvalue weighted by atomic mass is 10.1. The smallest absolute Gasteiger partial charge is 0.303 e. The summed E-state index contributed by atoms with van der Waals surface area (Å²) in [6.07, 6.45) is 4.47. The normalized spacial score (nSPS) is 21.3. The summed E-state index contributed by atoms with van der Waals surface area (Å²) in [6.45, 7) is 2.89. The molecule has 3 N–H and O–H groups in total. The molecule has 0 spiro atoms. The van der Waals surface area contributed by atoms with E-state index in [4.69, 9.17) is 5.73 Å². The summed E-state index contributed by atoms with van der Waals surface area (Å²) in [7, 11) is -3.52. The Morgan fingerprint density at radius 1 is 1.47 bits per heavy atom. The van der Waals surface area contributed by atoms with E-state index in [0.29, 0.717) is 18.9 Å². The van der Waals surface area contributed by atoms with Crippen LogP contribution in [-0.2, 0) is 16.8 Å². The summed E-state index contributed by atoms with van der Waals surface area (Å²) in [5, 5.41) is 0. The maximum Gasteiger partial charge on any atom is 0.303 e. The van der Waals surface area contributed by atoms with Crippen LogP contribution in [0.5, 0.6) is 0 Å². The van der Waals surface area contributed by atoms with Crippen molar-refractivity contribution < 1.29 is 8.42 Å². The molecule has 1 aromatic rings. The fourth-order valence-electron chi connectivity index (χ4n) is 2.23. The minimum absolute atomic E-state index is 0.0366. The molecule has 1 atom stereocenters. The van der Waals surface area contributed by atoms with Gasteiger partial charge in [-0.25, -0.2) is 4.98 Å². The monoisotopic (exact) mass is 284 g/mol. The third-order valence-corrected chi connectivity index (χ3v) is 4.97. The molecule has 1 fully saturated rings. The van der Waals surface area contributed by atoms with Crippen LogP contribution >= 0.6 is 0 Å². The van der Waals surface area contributed by atoms with E-state index in [1.54, 1.807) is 18.3 Å². The Morgan fingerprint density at radius 2 is 2.26 bits per heavy atom. The molecule has 0 saturated carbocycles. The Hall–Kier alpha value is -1.18. The number of piperidine rings is 1. The minimum atomic E-state index is -3.52. The zero-order valence-electron chi connectivity index (χ0n) is 11.0. The van der Waals surface area contributed by atoms with Crippen LogP contribution in [0.2, 0.25) is 0 Å². The number of pyridine rings is 1. The Morgan fingerprint density at radius 3 is 2.84 bits per heavy atom. The zero-order chi connectivity index (χ0) is 13.9. The van der Waals surface area contributed by atoms with Crippen LogP contribution in [0.1, 0.15) is 31.7 Å². The molecule has 7 heteroatoms. The summed E-state index contributed by atoms with van der Waals surface area (Å²) in [5.74, 6) is 0.329. The first-order valence-electron chi connectivity index (χ1n) is 6.47. The lowest BCUT2D eigenvalue weighted by Crippen LogP contribution is -2.44. The van der Waals surface area contributed by atoms with Crippen molar-refractivity contribution >= 4 is 16.0 Å². The molecule has 106 valence electrons. The summed E-state index contributed by atoms with van der Waals surface area (Å²) >= 11 is 0. The van der Waals surface area contributed by atoms with Crippen LogP contribution in [0.4, 0.5) is 5.82 Å². The van der Waals surface area contributed by atoms with Gasteiger partial charge in [-0.3, -0.25) is 4.72 Å². The summed E-state index contributed by atoms with van der Waals surface area (Å²) in [5.41, 5.74) is 6.35. The third-order valence-electron chi connectivity index (χ3n) is 3.34. The van der Waals surface area contributed by atoms with Gasteiger partial charge >= 0.3 is 10.2 Å². The molecule has 1 saturated heterocycles. The molecule has 0 aliphatic carbocycles. The van der Waals surface area contributed by atoms with Crippen molar-refractivity contribution in [2.45, 2.75) is 38.8 Å². The van der Waals surface area contributed by atoms with Gasteiger partial charge in [0.25, 0.3) is 0 Å². The Bertz CT molecular complexity index is 515. The van der Waals surface area contributed by atoms with Crippen molar-refractivity contribution in [3.63, 3.8) is 0 Å². The SMILES string of the molecule is CC1CCCCN1S(=O)(=O)Nc1ccc(CN)cn1. The molecule has 0 amide bonds. The summed E-state index contributed by atoms with van der Waals surface area (Å²) in [4.78, 5) is 4.06. The van der Waals surface area contributed by atoms with Crippen LogP contribution in [0.25, 0.3) is 0 Å². The molecule has 1 aromatic heterocycles. The van der Waals surface area contributed by atoms with Crippen molar-refractivity contribution in [1.82, 2.24) is 9.29 Å². The molecule has 19 heavy (non-hydrogen) atoms. The Labute approximate surface area is 114 Å². The van der Waals surface area contributed by atoms with Crippen LogP contribution in [0.3, 0.4) is 0 Å². The van der Waals surface area contributed by atoms with E-state index in [0.717, 1.165) is 24.8 Å². The second-order valence-electron chi connectivity index (χ2n) is 4.82. The van der Waals surface area contributed by atoms with Gasteiger partial charge in [0.15, 0.2) is 0 Å². The van der Waals surface area contributed by atoms with Crippen molar-refractivity contribution in [2.24, 2.45) is 5.73 Å². The van der Waals surface area contributed by atoms with E-state index < -0.39 is 10.2 Å². The predicted molar refractivity (Wildman–Crippen MR) is 74.7 cm³/mol. The first-order chi connectivity index (χ1) is 9.03. The fraction of sp³-hybridized carbons (Fsp3) is 0.583. The van der Waals surface area contributed by atoms with E-state index in [1.807, 2.05) is 6.92 Å². The van der Waals surface area contributed by atoms with Crippen molar-refractivity contribution in [3.05, 3.63) is 23.9 Å². The van der Waals surface area contributed by atoms with Crippen LogP contribution in [0.15, 0.2) is 18.3 Å². The Kier molecular flexibility index (Phi) is 4.38. The number of nitrogens with one attached hydrogen (secondary N) is 1. The number of anilines is 1. The number of hydrogen-bond acceptors (Lipinski definition) is 4. The standard InChI is InChI=1S/C12H20N4O2S/c1-10-4-2-3-7-16(10)19(17,18)15-12-6-5-11(8-13)9-14-12/h5-6,9-10H,2-4,7-8,13H2,1H3,(H,14,15). The molecule has 6 nitrogen and oxygen atoms in total. The largest absolute Gasteiger partial charge is 0.326 e. The molecule has 0 aromatic carbocycles. The topological polar surface area (TPSA) is 88.3 Å². The van der Waals surface area contributed by atoms with E-state index in [2.05, 4.69) is 9.71 Å². The van der Waals surface area contributed by atoms with Gasteiger partial charge in [-0.15, -0.1) is 0 Å². The average molecular weight is 284 g/mol. The van der Waals surface area contributed by atoms with Gasteiger partial charge < -0.3 is 5.73 Å². The van der Waals surface area contributed by atoms with Gasteiger partial charge in [0.2, 0.25) is 0 Å². The second-order valence-corrected chi connectivity index (χ2v) is 6.44. The molecule has 1 unspecified atom stereocenters. The first-order valence-corrected chi connectivity index (χ1v) is 7.91. The van der Waals surface area contributed by atoms with E-state index >= 15 is 0 Å². The molecule has 0 radical (unpaired) electrons. The second kappa shape index (κ2) is 5.85.